The van der Waals surface area contributed by atoms with Gasteiger partial charge in [-0.1, -0.05) is 39.0 Å². The largest absolute Gasteiger partial charge is 0.464 e. The lowest BCUT2D eigenvalue weighted by atomic mass is 9.88. The van der Waals surface area contributed by atoms with E-state index in [0.29, 0.717) is 5.69 Å². The number of rotatable bonds is 5. The zero-order chi connectivity index (χ0) is 23.6. The van der Waals surface area contributed by atoms with Crippen LogP contribution in [0.25, 0.3) is 11.3 Å². The number of nitrogens with zero attached hydrogens (tertiary/aromatic N) is 2. The third kappa shape index (κ3) is 5.71. The molecule has 0 aliphatic heterocycles. The molecule has 1 atom stereocenters. The highest BCUT2D eigenvalue weighted by Crippen LogP contribution is 2.36. The van der Waals surface area contributed by atoms with Gasteiger partial charge in [-0.25, -0.2) is 23.5 Å². The summed E-state index contributed by atoms with van der Waals surface area (Å²) >= 11 is 0. The highest BCUT2D eigenvalue weighted by Gasteiger charge is 2.34. The summed E-state index contributed by atoms with van der Waals surface area (Å²) in [6.07, 6.45) is -0.258. The van der Waals surface area contributed by atoms with Gasteiger partial charge in [0.05, 0.1) is 17.4 Å². The maximum atomic E-state index is 14.6. The van der Waals surface area contributed by atoms with E-state index in [4.69, 9.17) is 4.74 Å². The molecule has 7 nitrogen and oxygen atoms in total. The minimum Gasteiger partial charge on any atom is -0.464 e. The van der Waals surface area contributed by atoms with E-state index < -0.39 is 35.1 Å². The Kier molecular flexibility index (Phi) is 6.93. The van der Waals surface area contributed by atoms with Crippen LogP contribution in [-0.4, -0.2) is 32.4 Å². The molecule has 8 heteroatoms. The normalized spacial score (nSPS) is 12.9. The first-order valence-electron chi connectivity index (χ1n) is 9.98. The Labute approximate surface area is 181 Å². The second-order valence-corrected chi connectivity index (χ2v) is 9.24. The number of ether oxygens (including phenoxy) is 1. The van der Waals surface area contributed by atoms with Crippen LogP contribution in [0.4, 0.5) is 14.0 Å². The summed E-state index contributed by atoms with van der Waals surface area (Å²) < 4.78 is 21.0. The van der Waals surface area contributed by atoms with E-state index in [1.807, 2.05) is 20.8 Å². The molecule has 2 aromatic rings. The minimum atomic E-state index is -1.28. The zero-order valence-corrected chi connectivity index (χ0v) is 18.8. The summed E-state index contributed by atoms with van der Waals surface area (Å²) in [6.45, 7) is 14.3. The van der Waals surface area contributed by atoms with E-state index >= 15 is 0 Å². The number of benzene rings is 1. The molecule has 1 aromatic carbocycles. The molecule has 1 amide bonds. The molecule has 1 aromatic heterocycles. The number of carbonyl (C=O) groups excluding carboxylic acids is 1. The molecule has 0 aliphatic carbocycles. The van der Waals surface area contributed by atoms with Crippen LogP contribution in [0.15, 0.2) is 36.9 Å². The highest BCUT2D eigenvalue weighted by atomic mass is 19.1. The van der Waals surface area contributed by atoms with Crippen LogP contribution in [0.3, 0.4) is 0 Å². The van der Waals surface area contributed by atoms with E-state index in [1.165, 1.54) is 6.07 Å². The Morgan fingerprint density at radius 3 is 2.35 bits per heavy atom. The second-order valence-electron chi connectivity index (χ2n) is 9.24. The molecule has 31 heavy (non-hydrogen) atoms. The summed E-state index contributed by atoms with van der Waals surface area (Å²) in [6, 6.07) is 5.21. The summed E-state index contributed by atoms with van der Waals surface area (Å²) in [7, 11) is 0. The average molecular weight is 432 g/mol. The lowest BCUT2D eigenvalue weighted by molar-refractivity contribution is 0.0500. The number of hydrogen-bond acceptors (Lipinski definition) is 4. The first kappa shape index (κ1) is 24.1. The standard InChI is InChI=1S/C23H30FN3O4/c1-8-11-16(25-20(28)31-23(5,6)7)19-26-17(14-12-9-10-13-15(14)24)18(22(2,3)4)27(19)21(29)30/h8-10,12-13,16H,1,11H2,2-7H3,(H,25,28)(H,29,30). The van der Waals surface area contributed by atoms with Crippen molar-refractivity contribution in [2.45, 2.75) is 65.0 Å². The predicted molar refractivity (Wildman–Crippen MR) is 117 cm³/mol. The van der Waals surface area contributed by atoms with Gasteiger partial charge in [0.2, 0.25) is 0 Å². The van der Waals surface area contributed by atoms with Gasteiger partial charge >= 0.3 is 12.2 Å². The third-order valence-corrected chi connectivity index (χ3v) is 4.34. The van der Waals surface area contributed by atoms with Crippen molar-refractivity contribution in [2.24, 2.45) is 0 Å². The van der Waals surface area contributed by atoms with Gasteiger partial charge in [-0.05, 0) is 39.3 Å². The van der Waals surface area contributed by atoms with E-state index in [2.05, 4.69) is 16.9 Å². The van der Waals surface area contributed by atoms with Crippen LogP contribution in [-0.2, 0) is 10.2 Å². The Bertz CT molecular complexity index is 984. The van der Waals surface area contributed by atoms with Crippen molar-refractivity contribution in [1.29, 1.82) is 0 Å². The maximum Gasteiger partial charge on any atom is 0.417 e. The van der Waals surface area contributed by atoms with Gasteiger partial charge in [-0.2, -0.15) is 0 Å². The number of amides is 1. The molecule has 2 N–H and O–H groups in total. The Hall–Kier alpha value is -3.16. The summed E-state index contributed by atoms with van der Waals surface area (Å²) in [5.41, 5.74) is -0.710. The molecule has 0 bridgehead atoms. The molecule has 1 heterocycles. The van der Waals surface area contributed by atoms with Crippen LogP contribution >= 0.6 is 0 Å². The Morgan fingerprint density at radius 1 is 1.26 bits per heavy atom. The first-order chi connectivity index (χ1) is 14.3. The van der Waals surface area contributed by atoms with Crippen molar-refractivity contribution in [2.75, 3.05) is 0 Å². The molecular formula is C23H30FN3O4. The number of carbonyl (C=O) groups is 2. The number of hydrogen-bond donors (Lipinski definition) is 2. The van der Waals surface area contributed by atoms with Gasteiger partial charge in [0.1, 0.15) is 17.2 Å². The number of alkyl carbamates (subject to hydrolysis) is 1. The third-order valence-electron chi connectivity index (χ3n) is 4.34. The molecule has 0 saturated carbocycles. The predicted octanol–water partition coefficient (Wildman–Crippen LogP) is 5.65. The lowest BCUT2D eigenvalue weighted by Crippen LogP contribution is -2.36. The van der Waals surface area contributed by atoms with Crippen molar-refractivity contribution in [3.8, 4) is 11.3 Å². The zero-order valence-electron chi connectivity index (χ0n) is 18.8. The van der Waals surface area contributed by atoms with Crippen LogP contribution < -0.4 is 5.32 Å². The number of imidazole rings is 1. The molecule has 0 saturated heterocycles. The maximum absolute atomic E-state index is 14.6. The molecule has 0 spiro atoms. The number of aromatic nitrogens is 2. The lowest BCUT2D eigenvalue weighted by Gasteiger charge is -2.24. The fourth-order valence-corrected chi connectivity index (χ4v) is 3.24. The molecular weight excluding hydrogens is 401 g/mol. The number of nitrogens with one attached hydrogen (secondary N) is 1. The van der Waals surface area contributed by atoms with E-state index in [1.54, 1.807) is 45.0 Å². The average Bonchev–Trinajstić information content (AvgIpc) is 3.01. The molecule has 1 unspecified atom stereocenters. The van der Waals surface area contributed by atoms with Crippen LogP contribution in [0.2, 0.25) is 0 Å². The number of carboxylic acid groups (broad SMARTS) is 1. The minimum absolute atomic E-state index is 0.0569. The van der Waals surface area contributed by atoms with Gasteiger partial charge in [0.15, 0.2) is 0 Å². The molecule has 2 rings (SSSR count). The molecule has 0 fully saturated rings. The Balaban J connectivity index is 2.72. The van der Waals surface area contributed by atoms with Gasteiger partial charge in [0, 0.05) is 11.0 Å². The van der Waals surface area contributed by atoms with E-state index in [0.717, 1.165) is 4.57 Å². The second kappa shape index (κ2) is 8.91. The SMILES string of the molecule is C=CCC(NC(=O)OC(C)(C)C)c1nc(-c2ccccc2F)c(C(C)(C)C)n1C(=O)O. The Morgan fingerprint density at radius 2 is 1.87 bits per heavy atom. The molecule has 0 radical (unpaired) electrons. The monoisotopic (exact) mass is 431 g/mol. The van der Waals surface area contributed by atoms with Gasteiger partial charge in [-0.15, -0.1) is 6.58 Å². The topological polar surface area (TPSA) is 93.5 Å². The van der Waals surface area contributed by atoms with Gasteiger partial charge < -0.3 is 15.2 Å². The number of halogens is 1. The van der Waals surface area contributed by atoms with E-state index in [-0.39, 0.29) is 23.5 Å². The first-order valence-corrected chi connectivity index (χ1v) is 9.98. The quantitative estimate of drug-likeness (QED) is 0.596. The highest BCUT2D eigenvalue weighted by molar-refractivity contribution is 5.76. The van der Waals surface area contributed by atoms with Crippen molar-refractivity contribution in [1.82, 2.24) is 14.9 Å². The fraction of sp³-hybridized carbons (Fsp3) is 0.435. The van der Waals surface area contributed by atoms with E-state index in [9.17, 15) is 19.1 Å². The van der Waals surface area contributed by atoms with Crippen LogP contribution in [0.1, 0.15) is 65.5 Å². The van der Waals surface area contributed by atoms with Gasteiger partial charge in [-0.3, -0.25) is 0 Å². The van der Waals surface area contributed by atoms with Gasteiger partial charge in [0.25, 0.3) is 0 Å². The van der Waals surface area contributed by atoms with Crippen molar-refractivity contribution < 1.29 is 23.8 Å². The van der Waals surface area contributed by atoms with Crippen molar-refractivity contribution >= 4 is 12.2 Å². The smallest absolute Gasteiger partial charge is 0.417 e. The summed E-state index contributed by atoms with van der Waals surface area (Å²) in [5, 5.41) is 12.7. The fourth-order valence-electron chi connectivity index (χ4n) is 3.24. The summed E-state index contributed by atoms with van der Waals surface area (Å²) in [5.74, 6) is -0.462. The van der Waals surface area contributed by atoms with Crippen LogP contribution in [0.5, 0.6) is 0 Å². The van der Waals surface area contributed by atoms with Crippen molar-refractivity contribution in [3.05, 3.63) is 54.3 Å². The van der Waals surface area contributed by atoms with Crippen molar-refractivity contribution in [3.63, 3.8) is 0 Å². The molecule has 168 valence electrons. The molecule has 0 aliphatic rings. The summed E-state index contributed by atoms with van der Waals surface area (Å²) in [4.78, 5) is 29.2. The van der Waals surface area contributed by atoms with Crippen LogP contribution in [0, 0.1) is 5.82 Å².